The van der Waals surface area contributed by atoms with Gasteiger partial charge in [-0.15, -0.1) is 11.3 Å². The van der Waals surface area contributed by atoms with Crippen molar-refractivity contribution in [2.24, 2.45) is 5.10 Å². The first-order valence-corrected chi connectivity index (χ1v) is 12.1. The van der Waals surface area contributed by atoms with Gasteiger partial charge in [-0.25, -0.2) is 10.4 Å². The largest absolute Gasteiger partial charge is 0.493 e. The van der Waals surface area contributed by atoms with E-state index in [9.17, 15) is 4.79 Å². The number of anilines is 2. The third-order valence-corrected chi connectivity index (χ3v) is 5.98. The Morgan fingerprint density at radius 3 is 2.61 bits per heavy atom. The van der Waals surface area contributed by atoms with Crippen molar-refractivity contribution < 1.29 is 14.3 Å². The number of rotatable bonds is 10. The molecule has 4 rings (SSSR count). The van der Waals surface area contributed by atoms with Gasteiger partial charge in [-0.2, -0.15) is 5.10 Å². The number of hydrogen-bond donors (Lipinski definition) is 2. The van der Waals surface area contributed by atoms with Crippen molar-refractivity contribution in [2.45, 2.75) is 0 Å². The zero-order chi connectivity index (χ0) is 25.3. The van der Waals surface area contributed by atoms with E-state index in [4.69, 9.17) is 21.1 Å². The number of methoxy groups -OCH3 is 1. The molecule has 3 aromatic carbocycles. The third kappa shape index (κ3) is 6.50. The zero-order valence-electron chi connectivity index (χ0n) is 19.4. The summed E-state index contributed by atoms with van der Waals surface area (Å²) in [6.45, 7) is 4.01. The molecule has 0 spiro atoms. The molecule has 4 aromatic rings. The summed E-state index contributed by atoms with van der Waals surface area (Å²) in [6.07, 6.45) is 3.20. The molecule has 36 heavy (non-hydrogen) atoms. The molecule has 0 aliphatic heterocycles. The highest BCUT2D eigenvalue weighted by Gasteiger charge is 2.09. The van der Waals surface area contributed by atoms with Gasteiger partial charge in [-0.05, 0) is 60.2 Å². The normalized spacial score (nSPS) is 10.7. The summed E-state index contributed by atoms with van der Waals surface area (Å²) in [5.74, 6) is 0.849. The van der Waals surface area contributed by atoms with Gasteiger partial charge in [0, 0.05) is 27.2 Å². The van der Waals surface area contributed by atoms with Crippen molar-refractivity contribution in [3.05, 3.63) is 101 Å². The van der Waals surface area contributed by atoms with Gasteiger partial charge in [0.1, 0.15) is 6.61 Å². The van der Waals surface area contributed by atoms with Crippen LogP contribution in [0.3, 0.4) is 0 Å². The molecule has 0 saturated heterocycles. The van der Waals surface area contributed by atoms with Crippen LogP contribution in [0.4, 0.5) is 10.8 Å². The van der Waals surface area contributed by atoms with Crippen LogP contribution in [0.2, 0.25) is 5.02 Å². The molecular formula is C27H23ClN4O3S. The van der Waals surface area contributed by atoms with E-state index in [1.165, 1.54) is 17.6 Å². The van der Waals surface area contributed by atoms with Crippen molar-refractivity contribution >= 4 is 45.9 Å². The van der Waals surface area contributed by atoms with Crippen molar-refractivity contribution in [1.82, 2.24) is 10.4 Å². The molecule has 1 amide bonds. The van der Waals surface area contributed by atoms with Gasteiger partial charge in [-0.3, -0.25) is 4.79 Å². The fourth-order valence-electron chi connectivity index (χ4n) is 3.18. The van der Waals surface area contributed by atoms with Crippen LogP contribution in [-0.4, -0.2) is 30.8 Å². The Morgan fingerprint density at radius 1 is 1.11 bits per heavy atom. The molecular weight excluding hydrogens is 496 g/mol. The molecule has 2 N–H and O–H groups in total. The average Bonchev–Trinajstić information content (AvgIpc) is 3.37. The van der Waals surface area contributed by atoms with Gasteiger partial charge >= 0.3 is 0 Å². The molecule has 0 atom stereocenters. The molecule has 0 aliphatic carbocycles. The van der Waals surface area contributed by atoms with E-state index in [1.54, 1.807) is 37.5 Å². The van der Waals surface area contributed by atoms with Gasteiger partial charge in [0.15, 0.2) is 16.6 Å². The van der Waals surface area contributed by atoms with E-state index in [0.29, 0.717) is 28.7 Å². The summed E-state index contributed by atoms with van der Waals surface area (Å²) >= 11 is 7.43. The molecule has 7 nitrogen and oxygen atoms in total. The first-order valence-electron chi connectivity index (χ1n) is 10.9. The Morgan fingerprint density at radius 2 is 1.89 bits per heavy atom. The fraction of sp³-hybridized carbons (Fsp3) is 0.0741. The van der Waals surface area contributed by atoms with Crippen LogP contribution in [0.1, 0.15) is 15.9 Å². The predicted molar refractivity (Wildman–Crippen MR) is 146 cm³/mol. The Hall–Kier alpha value is -4.14. The monoisotopic (exact) mass is 518 g/mol. The van der Waals surface area contributed by atoms with Crippen molar-refractivity contribution in [1.29, 1.82) is 0 Å². The minimum Gasteiger partial charge on any atom is -0.493 e. The number of carbonyl (C=O) groups excluding carboxylic acids is 1. The number of thiazole rings is 1. The van der Waals surface area contributed by atoms with Crippen LogP contribution in [0, 0.1) is 0 Å². The zero-order valence-corrected chi connectivity index (χ0v) is 21.0. The van der Waals surface area contributed by atoms with Crippen LogP contribution < -0.4 is 20.2 Å². The lowest BCUT2D eigenvalue weighted by Gasteiger charge is -2.09. The third-order valence-electron chi connectivity index (χ3n) is 4.97. The van der Waals surface area contributed by atoms with Crippen LogP contribution in [-0.2, 0) is 0 Å². The number of ether oxygens (including phenoxy) is 2. The number of nitrogens with one attached hydrogen (secondary N) is 2. The Balaban J connectivity index is 1.35. The molecule has 0 unspecified atom stereocenters. The summed E-state index contributed by atoms with van der Waals surface area (Å²) in [5.41, 5.74) is 6.40. The molecule has 9 heteroatoms. The van der Waals surface area contributed by atoms with E-state index in [1.807, 2.05) is 47.8 Å². The molecule has 0 fully saturated rings. The van der Waals surface area contributed by atoms with E-state index >= 15 is 0 Å². The minimum atomic E-state index is -0.320. The van der Waals surface area contributed by atoms with Crippen LogP contribution >= 0.6 is 22.9 Å². The molecule has 0 bridgehead atoms. The van der Waals surface area contributed by atoms with Crippen molar-refractivity contribution in [2.75, 3.05) is 19.0 Å². The number of hydrazone groups is 1. The van der Waals surface area contributed by atoms with Crippen LogP contribution in [0.25, 0.3) is 11.3 Å². The number of halogens is 1. The lowest BCUT2D eigenvalue weighted by molar-refractivity contribution is 0.0955. The summed E-state index contributed by atoms with van der Waals surface area (Å²) in [4.78, 5) is 17.1. The van der Waals surface area contributed by atoms with Gasteiger partial charge in [-0.1, -0.05) is 36.4 Å². The van der Waals surface area contributed by atoms with E-state index in [0.717, 1.165) is 27.6 Å². The maximum Gasteiger partial charge on any atom is 0.271 e. The maximum absolute atomic E-state index is 12.5. The quantitative estimate of drug-likeness (QED) is 0.141. The fourth-order valence-corrected chi connectivity index (χ4v) is 4.04. The number of nitrogens with zero attached hydrogens (tertiary/aromatic N) is 2. The first kappa shape index (κ1) is 25.0. The molecule has 0 radical (unpaired) electrons. The van der Waals surface area contributed by atoms with Crippen LogP contribution in [0.15, 0.2) is 89.9 Å². The molecule has 182 valence electrons. The highest BCUT2D eigenvalue weighted by Crippen LogP contribution is 2.29. The summed E-state index contributed by atoms with van der Waals surface area (Å²) in [5, 5.41) is 10.7. The van der Waals surface area contributed by atoms with E-state index in [2.05, 4.69) is 27.4 Å². The number of amides is 1. The van der Waals surface area contributed by atoms with Gasteiger partial charge in [0.05, 0.1) is 19.0 Å². The molecule has 1 heterocycles. The van der Waals surface area contributed by atoms with Gasteiger partial charge < -0.3 is 14.8 Å². The van der Waals surface area contributed by atoms with E-state index < -0.39 is 0 Å². The van der Waals surface area contributed by atoms with Gasteiger partial charge in [0.25, 0.3) is 5.91 Å². The Bertz CT molecular complexity index is 1370. The maximum atomic E-state index is 12.5. The standard InChI is InChI=1S/C27H23ClN4O3S/c1-3-14-35-24-13-4-18(15-25(24)34-2)16-29-32-26(33)20-7-5-19(6-8-20)23-17-36-27(31-23)30-22-11-9-21(28)10-12-22/h3-13,15-17H,1,14H2,2H3,(H,30,31)(H,32,33)/b29-16-. The second-order valence-electron chi connectivity index (χ2n) is 7.46. The number of hydrogen-bond acceptors (Lipinski definition) is 7. The lowest BCUT2D eigenvalue weighted by atomic mass is 10.1. The SMILES string of the molecule is C=CCOc1ccc(/C=N\NC(=O)c2ccc(-c3csc(Nc4ccc(Cl)cc4)n3)cc2)cc1OC. The minimum absolute atomic E-state index is 0.320. The number of carbonyl (C=O) groups is 1. The number of benzene rings is 3. The summed E-state index contributed by atoms with van der Waals surface area (Å²) in [6, 6.07) is 20.0. The van der Waals surface area contributed by atoms with E-state index in [-0.39, 0.29) is 5.91 Å². The predicted octanol–water partition coefficient (Wildman–Crippen LogP) is 6.54. The summed E-state index contributed by atoms with van der Waals surface area (Å²) in [7, 11) is 1.56. The lowest BCUT2D eigenvalue weighted by Crippen LogP contribution is -2.17. The topological polar surface area (TPSA) is 84.8 Å². The molecule has 0 aliphatic rings. The number of aromatic nitrogens is 1. The Labute approximate surface area is 218 Å². The van der Waals surface area contributed by atoms with Crippen LogP contribution in [0.5, 0.6) is 11.5 Å². The second-order valence-corrected chi connectivity index (χ2v) is 8.75. The highest BCUT2D eigenvalue weighted by molar-refractivity contribution is 7.14. The summed E-state index contributed by atoms with van der Waals surface area (Å²) < 4.78 is 10.9. The smallest absolute Gasteiger partial charge is 0.271 e. The Kier molecular flexibility index (Phi) is 8.33. The average molecular weight is 519 g/mol. The first-order chi connectivity index (χ1) is 17.6. The molecule has 0 saturated carbocycles. The van der Waals surface area contributed by atoms with Gasteiger partial charge in [0.2, 0.25) is 0 Å². The highest BCUT2D eigenvalue weighted by atomic mass is 35.5. The molecule has 1 aromatic heterocycles. The van der Waals surface area contributed by atoms with Crippen molar-refractivity contribution in [3.8, 4) is 22.8 Å². The second kappa shape index (κ2) is 12.0. The van der Waals surface area contributed by atoms with Crippen molar-refractivity contribution in [3.63, 3.8) is 0 Å².